The van der Waals surface area contributed by atoms with Crippen molar-refractivity contribution < 1.29 is 9.32 Å². The van der Waals surface area contributed by atoms with Crippen molar-refractivity contribution in [2.45, 2.75) is 27.3 Å². The summed E-state index contributed by atoms with van der Waals surface area (Å²) in [6.45, 7) is 6.14. The maximum absolute atomic E-state index is 12.5. The van der Waals surface area contributed by atoms with E-state index in [-0.39, 0.29) is 18.1 Å². The molecule has 0 fully saturated rings. The first-order chi connectivity index (χ1) is 9.43. The van der Waals surface area contributed by atoms with Gasteiger partial charge in [0.2, 0.25) is 5.89 Å². The molecule has 0 radical (unpaired) electrons. The molecule has 0 N–H and O–H groups in total. The zero-order valence-electron chi connectivity index (χ0n) is 11.8. The number of carbonyl (C=O) groups excluding carboxylic acids is 1. The molecule has 2 aromatic rings. The first-order valence-corrected chi connectivity index (χ1v) is 6.59. The van der Waals surface area contributed by atoms with Crippen molar-refractivity contribution in [2.75, 3.05) is 6.54 Å². The van der Waals surface area contributed by atoms with E-state index in [4.69, 9.17) is 16.1 Å². The van der Waals surface area contributed by atoms with Crippen molar-refractivity contribution in [3.05, 3.63) is 28.1 Å². The van der Waals surface area contributed by atoms with Crippen molar-refractivity contribution in [3.8, 4) is 0 Å². The minimum atomic E-state index is -0.247. The summed E-state index contributed by atoms with van der Waals surface area (Å²) in [7, 11) is 1.75. The average Bonchev–Trinajstić information content (AvgIpc) is 2.94. The van der Waals surface area contributed by atoms with Gasteiger partial charge in [-0.25, -0.2) is 0 Å². The smallest absolute Gasteiger partial charge is 0.276 e. The van der Waals surface area contributed by atoms with Gasteiger partial charge in [0.05, 0.1) is 17.3 Å². The molecule has 2 aromatic heterocycles. The molecule has 20 heavy (non-hydrogen) atoms. The molecular formula is C12H16ClN5O2. The zero-order chi connectivity index (χ0) is 14.9. The van der Waals surface area contributed by atoms with Gasteiger partial charge in [-0.3, -0.25) is 9.48 Å². The lowest BCUT2D eigenvalue weighted by Crippen LogP contribution is -2.31. The lowest BCUT2D eigenvalue weighted by molar-refractivity contribution is 0.0740. The van der Waals surface area contributed by atoms with Crippen LogP contribution in [0.2, 0.25) is 5.02 Å². The van der Waals surface area contributed by atoms with Crippen molar-refractivity contribution >= 4 is 17.5 Å². The van der Waals surface area contributed by atoms with E-state index in [0.29, 0.717) is 23.3 Å². The second-order valence-electron chi connectivity index (χ2n) is 4.42. The van der Waals surface area contributed by atoms with Crippen molar-refractivity contribution in [1.29, 1.82) is 0 Å². The van der Waals surface area contributed by atoms with Gasteiger partial charge in [0, 0.05) is 20.5 Å². The van der Waals surface area contributed by atoms with Crippen LogP contribution in [0.25, 0.3) is 0 Å². The van der Waals surface area contributed by atoms with E-state index in [1.165, 1.54) is 0 Å². The van der Waals surface area contributed by atoms with Crippen LogP contribution in [0.5, 0.6) is 0 Å². The molecule has 0 saturated heterocycles. The molecule has 0 bridgehead atoms. The van der Waals surface area contributed by atoms with Crippen LogP contribution in [0.4, 0.5) is 0 Å². The summed E-state index contributed by atoms with van der Waals surface area (Å²) < 4.78 is 6.48. The fourth-order valence-electron chi connectivity index (χ4n) is 1.77. The number of hydrogen-bond acceptors (Lipinski definition) is 5. The highest BCUT2D eigenvalue weighted by Gasteiger charge is 2.24. The Morgan fingerprint density at radius 1 is 1.45 bits per heavy atom. The van der Waals surface area contributed by atoms with Gasteiger partial charge >= 0.3 is 0 Å². The van der Waals surface area contributed by atoms with Crippen LogP contribution in [0.15, 0.2) is 4.52 Å². The molecule has 2 rings (SSSR count). The zero-order valence-corrected chi connectivity index (χ0v) is 12.6. The van der Waals surface area contributed by atoms with Crippen LogP contribution < -0.4 is 0 Å². The highest BCUT2D eigenvalue weighted by molar-refractivity contribution is 6.34. The Hall–Kier alpha value is -1.89. The van der Waals surface area contributed by atoms with E-state index in [1.54, 1.807) is 23.6 Å². The van der Waals surface area contributed by atoms with E-state index in [0.717, 1.165) is 5.69 Å². The normalized spacial score (nSPS) is 10.8. The Kier molecular flexibility index (Phi) is 4.08. The van der Waals surface area contributed by atoms with E-state index < -0.39 is 0 Å². The highest BCUT2D eigenvalue weighted by atomic mass is 35.5. The second kappa shape index (κ2) is 5.62. The molecule has 0 aliphatic rings. The summed E-state index contributed by atoms with van der Waals surface area (Å²) in [5.74, 6) is 0.681. The minimum absolute atomic E-state index is 0.244. The molecular weight excluding hydrogens is 282 g/mol. The summed E-state index contributed by atoms with van der Waals surface area (Å²) in [4.78, 5) is 18.1. The van der Waals surface area contributed by atoms with Crippen LogP contribution in [-0.2, 0) is 13.6 Å². The third-order valence-corrected chi connectivity index (χ3v) is 3.49. The van der Waals surface area contributed by atoms with Crippen LogP contribution >= 0.6 is 11.6 Å². The van der Waals surface area contributed by atoms with Gasteiger partial charge in [0.15, 0.2) is 11.5 Å². The molecule has 0 aliphatic carbocycles. The monoisotopic (exact) mass is 297 g/mol. The number of hydrogen-bond donors (Lipinski definition) is 0. The topological polar surface area (TPSA) is 77.1 Å². The summed E-state index contributed by atoms with van der Waals surface area (Å²) in [5, 5.41) is 8.32. The Labute approximate surface area is 121 Å². The predicted molar refractivity (Wildman–Crippen MR) is 72.4 cm³/mol. The van der Waals surface area contributed by atoms with Gasteiger partial charge < -0.3 is 9.42 Å². The Balaban J connectivity index is 2.22. The molecule has 1 amide bonds. The van der Waals surface area contributed by atoms with Gasteiger partial charge in [0.1, 0.15) is 0 Å². The van der Waals surface area contributed by atoms with Gasteiger partial charge in [-0.2, -0.15) is 10.1 Å². The fraction of sp³-hybridized carbons (Fsp3) is 0.500. The molecule has 0 unspecified atom stereocenters. The number of rotatable bonds is 4. The molecule has 2 heterocycles. The summed E-state index contributed by atoms with van der Waals surface area (Å²) >= 11 is 6.14. The van der Waals surface area contributed by atoms with E-state index >= 15 is 0 Å². The molecule has 7 nitrogen and oxygen atoms in total. The Morgan fingerprint density at radius 2 is 2.15 bits per heavy atom. The number of aromatic nitrogens is 4. The number of aryl methyl sites for hydroxylation is 2. The SMILES string of the molecule is CCN(Cc1noc(C)n1)C(=O)c1nn(C)c(C)c1Cl. The maximum atomic E-state index is 12.5. The fourth-order valence-corrected chi connectivity index (χ4v) is 2.01. The number of carbonyl (C=O) groups is 1. The van der Waals surface area contributed by atoms with Gasteiger partial charge in [-0.1, -0.05) is 16.8 Å². The number of halogens is 1. The van der Waals surface area contributed by atoms with Crippen molar-refractivity contribution in [3.63, 3.8) is 0 Å². The highest BCUT2D eigenvalue weighted by Crippen LogP contribution is 2.21. The van der Waals surface area contributed by atoms with Crippen LogP contribution in [0.3, 0.4) is 0 Å². The maximum Gasteiger partial charge on any atom is 0.276 e. The predicted octanol–water partition coefficient (Wildman–Crippen LogP) is 1.74. The lowest BCUT2D eigenvalue weighted by Gasteiger charge is -2.17. The number of amides is 1. The molecule has 0 aliphatic heterocycles. The average molecular weight is 298 g/mol. The third kappa shape index (κ3) is 2.67. The van der Waals surface area contributed by atoms with Gasteiger partial charge in [-0.05, 0) is 13.8 Å². The Bertz CT molecular complexity index is 634. The van der Waals surface area contributed by atoms with Crippen LogP contribution in [0.1, 0.15) is 34.8 Å². The molecule has 0 saturated carbocycles. The first kappa shape index (κ1) is 14.5. The van der Waals surface area contributed by atoms with Gasteiger partial charge in [0.25, 0.3) is 5.91 Å². The summed E-state index contributed by atoms with van der Waals surface area (Å²) in [6.07, 6.45) is 0. The second-order valence-corrected chi connectivity index (χ2v) is 4.80. The number of nitrogens with zero attached hydrogens (tertiary/aromatic N) is 5. The molecule has 0 aromatic carbocycles. The largest absolute Gasteiger partial charge is 0.340 e. The van der Waals surface area contributed by atoms with Crippen molar-refractivity contribution in [1.82, 2.24) is 24.8 Å². The van der Waals surface area contributed by atoms with E-state index in [2.05, 4.69) is 15.2 Å². The Morgan fingerprint density at radius 3 is 2.60 bits per heavy atom. The van der Waals surface area contributed by atoms with Crippen LogP contribution in [-0.4, -0.2) is 37.3 Å². The third-order valence-electron chi connectivity index (χ3n) is 3.03. The lowest BCUT2D eigenvalue weighted by atomic mass is 10.3. The van der Waals surface area contributed by atoms with Gasteiger partial charge in [-0.15, -0.1) is 0 Å². The van der Waals surface area contributed by atoms with Crippen LogP contribution in [0, 0.1) is 13.8 Å². The molecule has 108 valence electrons. The van der Waals surface area contributed by atoms with Crippen molar-refractivity contribution in [2.24, 2.45) is 7.05 Å². The summed E-state index contributed by atoms with van der Waals surface area (Å²) in [6, 6.07) is 0. The minimum Gasteiger partial charge on any atom is -0.340 e. The molecule has 8 heteroatoms. The van der Waals surface area contributed by atoms with E-state index in [9.17, 15) is 4.79 Å². The molecule has 0 atom stereocenters. The first-order valence-electron chi connectivity index (χ1n) is 6.21. The molecule has 0 spiro atoms. The quantitative estimate of drug-likeness (QED) is 0.859. The standard InChI is InChI=1S/C12H16ClN5O2/c1-5-18(6-9-14-8(3)20-16-9)12(19)11-10(13)7(2)17(4)15-11/h5-6H2,1-4H3. The van der Waals surface area contributed by atoms with E-state index in [1.807, 2.05) is 13.8 Å². The summed E-state index contributed by atoms with van der Waals surface area (Å²) in [5.41, 5.74) is 0.996.